The van der Waals surface area contributed by atoms with Crippen LogP contribution in [0.25, 0.3) is 0 Å². The number of hydrogen-bond donors (Lipinski definition) is 1. The van der Waals surface area contributed by atoms with Crippen LogP contribution in [0.2, 0.25) is 0 Å². The van der Waals surface area contributed by atoms with Gasteiger partial charge in [0.2, 0.25) is 0 Å². The number of rotatable bonds is 4. The zero-order valence-electron chi connectivity index (χ0n) is 10.3. The lowest BCUT2D eigenvalue weighted by molar-refractivity contribution is 0.216. The molecule has 2 rings (SSSR count). The largest absolute Gasteiger partial charge is 0.382 e. The van der Waals surface area contributed by atoms with Crippen molar-refractivity contribution in [2.45, 2.75) is 25.9 Å². The summed E-state index contributed by atoms with van der Waals surface area (Å²) in [6.07, 6.45) is 5.13. The minimum Gasteiger partial charge on any atom is -0.382 e. The summed E-state index contributed by atoms with van der Waals surface area (Å²) in [6, 6.07) is 8.10. The lowest BCUT2D eigenvalue weighted by Crippen LogP contribution is -2.00. The molecule has 3 heteroatoms. The number of aliphatic hydroxyl groups excluding tert-OH is 1. The molecule has 1 aromatic heterocycles. The van der Waals surface area contributed by atoms with Gasteiger partial charge in [0.15, 0.2) is 0 Å². The molecule has 0 bridgehead atoms. The summed E-state index contributed by atoms with van der Waals surface area (Å²) in [4.78, 5) is 4.16. The average Bonchev–Trinajstić information content (AvgIpc) is 2.76. The highest BCUT2D eigenvalue weighted by molar-refractivity contribution is 5.28. The Balaban J connectivity index is 2.16. The Morgan fingerprint density at radius 1 is 1.29 bits per heavy atom. The van der Waals surface area contributed by atoms with E-state index in [4.69, 9.17) is 0 Å². The number of benzene rings is 1. The molecule has 0 amide bonds. The zero-order chi connectivity index (χ0) is 12.3. The van der Waals surface area contributed by atoms with Gasteiger partial charge in [-0.25, -0.2) is 4.98 Å². The molecule has 0 aliphatic heterocycles. The molecule has 1 unspecified atom stereocenters. The fraction of sp³-hybridized carbons (Fsp3) is 0.357. The van der Waals surface area contributed by atoms with Crippen LogP contribution in [0.15, 0.2) is 36.8 Å². The predicted octanol–water partition coefficient (Wildman–Crippen LogP) is 2.45. The van der Waals surface area contributed by atoms with E-state index >= 15 is 0 Å². The maximum Gasteiger partial charge on any atom is 0.122 e. The summed E-state index contributed by atoms with van der Waals surface area (Å²) in [7, 11) is 1.90. The Labute approximate surface area is 102 Å². The topological polar surface area (TPSA) is 38.0 Å². The third kappa shape index (κ3) is 2.74. The van der Waals surface area contributed by atoms with E-state index in [9.17, 15) is 5.11 Å². The zero-order valence-corrected chi connectivity index (χ0v) is 10.3. The molecular formula is C14H18N2O. The van der Waals surface area contributed by atoms with Crippen LogP contribution in [0.4, 0.5) is 0 Å². The Morgan fingerprint density at radius 2 is 2.00 bits per heavy atom. The van der Waals surface area contributed by atoms with Crippen LogP contribution in [0.1, 0.15) is 36.3 Å². The SMILES string of the molecule is CCCc1ccc(C(O)c2cn(C)cn2)cc1. The molecule has 0 saturated heterocycles. The first-order valence-corrected chi connectivity index (χ1v) is 5.95. The lowest BCUT2D eigenvalue weighted by atomic mass is 10.0. The average molecular weight is 230 g/mol. The number of nitrogens with zero attached hydrogens (tertiary/aromatic N) is 2. The molecule has 1 N–H and O–H groups in total. The first-order chi connectivity index (χ1) is 8.20. The lowest BCUT2D eigenvalue weighted by Gasteiger charge is -2.09. The summed E-state index contributed by atoms with van der Waals surface area (Å²) in [5, 5.41) is 10.2. The second-order valence-electron chi connectivity index (χ2n) is 4.36. The van der Waals surface area contributed by atoms with E-state index in [1.54, 1.807) is 6.33 Å². The van der Waals surface area contributed by atoms with E-state index in [2.05, 4.69) is 24.0 Å². The number of aryl methyl sites for hydroxylation is 2. The third-order valence-corrected chi connectivity index (χ3v) is 2.84. The molecule has 90 valence electrons. The highest BCUT2D eigenvalue weighted by Gasteiger charge is 2.12. The Bertz CT molecular complexity index is 473. The van der Waals surface area contributed by atoms with Gasteiger partial charge in [0.1, 0.15) is 6.10 Å². The molecule has 0 spiro atoms. The van der Waals surface area contributed by atoms with Gasteiger partial charge in [-0.1, -0.05) is 37.6 Å². The van der Waals surface area contributed by atoms with Crippen molar-refractivity contribution in [1.82, 2.24) is 9.55 Å². The van der Waals surface area contributed by atoms with Crippen molar-refractivity contribution in [3.8, 4) is 0 Å². The number of hydrogen-bond acceptors (Lipinski definition) is 2. The number of imidazole rings is 1. The fourth-order valence-corrected chi connectivity index (χ4v) is 1.90. The molecule has 1 atom stereocenters. The molecule has 1 heterocycles. The normalized spacial score (nSPS) is 12.6. The Hall–Kier alpha value is -1.61. The van der Waals surface area contributed by atoms with E-state index in [-0.39, 0.29) is 0 Å². The van der Waals surface area contributed by atoms with Gasteiger partial charge in [-0.2, -0.15) is 0 Å². The van der Waals surface area contributed by atoms with Gasteiger partial charge in [0.25, 0.3) is 0 Å². The van der Waals surface area contributed by atoms with Gasteiger partial charge in [0, 0.05) is 13.2 Å². The minimum atomic E-state index is -0.633. The second-order valence-corrected chi connectivity index (χ2v) is 4.36. The van der Waals surface area contributed by atoms with E-state index in [0.717, 1.165) is 18.4 Å². The van der Waals surface area contributed by atoms with Crippen molar-refractivity contribution in [1.29, 1.82) is 0 Å². The van der Waals surface area contributed by atoms with E-state index in [1.807, 2.05) is 29.9 Å². The molecular weight excluding hydrogens is 212 g/mol. The van der Waals surface area contributed by atoms with Gasteiger partial charge in [-0.15, -0.1) is 0 Å². The van der Waals surface area contributed by atoms with Crippen molar-refractivity contribution in [2.75, 3.05) is 0 Å². The smallest absolute Gasteiger partial charge is 0.122 e. The molecule has 0 saturated carbocycles. The summed E-state index contributed by atoms with van der Waals surface area (Å²) >= 11 is 0. The van der Waals surface area contributed by atoms with Crippen molar-refractivity contribution in [3.63, 3.8) is 0 Å². The van der Waals surface area contributed by atoms with E-state index in [1.165, 1.54) is 5.56 Å². The second kappa shape index (κ2) is 5.15. The van der Waals surface area contributed by atoms with E-state index < -0.39 is 6.10 Å². The fourth-order valence-electron chi connectivity index (χ4n) is 1.90. The highest BCUT2D eigenvalue weighted by Crippen LogP contribution is 2.20. The van der Waals surface area contributed by atoms with Crippen molar-refractivity contribution < 1.29 is 5.11 Å². The maximum absolute atomic E-state index is 10.2. The molecule has 0 radical (unpaired) electrons. The third-order valence-electron chi connectivity index (χ3n) is 2.84. The molecule has 3 nitrogen and oxygen atoms in total. The van der Waals surface area contributed by atoms with Gasteiger partial charge in [0.05, 0.1) is 12.0 Å². The van der Waals surface area contributed by atoms with Crippen LogP contribution in [0, 0.1) is 0 Å². The minimum absolute atomic E-state index is 0.633. The van der Waals surface area contributed by atoms with Gasteiger partial charge in [-0.05, 0) is 17.5 Å². The monoisotopic (exact) mass is 230 g/mol. The number of aromatic nitrogens is 2. The first kappa shape index (κ1) is 11.9. The summed E-state index contributed by atoms with van der Waals surface area (Å²) in [5.74, 6) is 0. The maximum atomic E-state index is 10.2. The standard InChI is InChI=1S/C14H18N2O/c1-3-4-11-5-7-12(8-6-11)14(17)13-9-16(2)10-15-13/h5-10,14,17H,3-4H2,1-2H3. The van der Waals surface area contributed by atoms with Crippen LogP contribution in [0.5, 0.6) is 0 Å². The first-order valence-electron chi connectivity index (χ1n) is 5.95. The summed E-state index contributed by atoms with van der Waals surface area (Å²) in [6.45, 7) is 2.16. The van der Waals surface area contributed by atoms with Crippen molar-refractivity contribution >= 4 is 0 Å². The number of aliphatic hydroxyl groups is 1. The summed E-state index contributed by atoms with van der Waals surface area (Å²) < 4.78 is 1.84. The van der Waals surface area contributed by atoms with Crippen LogP contribution < -0.4 is 0 Å². The highest BCUT2D eigenvalue weighted by atomic mass is 16.3. The molecule has 0 aliphatic rings. The molecule has 1 aromatic carbocycles. The Kier molecular flexibility index (Phi) is 3.59. The molecule has 2 aromatic rings. The van der Waals surface area contributed by atoms with Crippen LogP contribution in [0.3, 0.4) is 0 Å². The van der Waals surface area contributed by atoms with Gasteiger partial charge in [-0.3, -0.25) is 0 Å². The Morgan fingerprint density at radius 3 is 2.53 bits per heavy atom. The van der Waals surface area contributed by atoms with Crippen molar-refractivity contribution in [3.05, 3.63) is 53.6 Å². The molecule has 0 aliphatic carbocycles. The van der Waals surface area contributed by atoms with Crippen LogP contribution in [-0.4, -0.2) is 14.7 Å². The van der Waals surface area contributed by atoms with Crippen LogP contribution in [-0.2, 0) is 13.5 Å². The molecule has 0 fully saturated rings. The summed E-state index contributed by atoms with van der Waals surface area (Å²) in [5.41, 5.74) is 2.89. The quantitative estimate of drug-likeness (QED) is 0.876. The molecule has 17 heavy (non-hydrogen) atoms. The predicted molar refractivity (Wildman–Crippen MR) is 67.7 cm³/mol. The van der Waals surface area contributed by atoms with Gasteiger partial charge >= 0.3 is 0 Å². The van der Waals surface area contributed by atoms with Gasteiger partial charge < -0.3 is 9.67 Å². The van der Waals surface area contributed by atoms with Crippen LogP contribution >= 0.6 is 0 Å². The van der Waals surface area contributed by atoms with Crippen molar-refractivity contribution in [2.24, 2.45) is 7.05 Å². The van der Waals surface area contributed by atoms with E-state index in [0.29, 0.717) is 5.69 Å².